The number of aliphatic carboxylic acids is 2. The molecule has 2 aliphatic heterocycles. The largest absolute Gasteiger partial charge is 0.479 e. The van der Waals surface area contributed by atoms with Gasteiger partial charge in [-0.05, 0) is 29.8 Å². The summed E-state index contributed by atoms with van der Waals surface area (Å²) >= 11 is 0. The van der Waals surface area contributed by atoms with Crippen LogP contribution in [0.3, 0.4) is 0 Å². The predicted molar refractivity (Wildman–Crippen MR) is 138 cm³/mol. The standard InChI is InChI=1S/C27H26O16/c28-15-12-6-5-11(41-27-21(34)17(30)19(32)23(43-27)25(37)38)7-14(12)39-8-13(15)9-1-3-10(4-2-9)40-26-20(33)16(29)18(31)22(42-26)24(35)36/h1-8,16-23,26-27,29-34H,(H,35,36)(H,37,38)/t16-,17-,18-,19-,20+,21+,22-,23-,26+,27+/m0/s1. The van der Waals surface area contributed by atoms with E-state index < -0.39 is 78.8 Å². The quantitative estimate of drug-likeness (QED) is 0.145. The van der Waals surface area contributed by atoms with Gasteiger partial charge in [0, 0.05) is 6.07 Å². The highest BCUT2D eigenvalue weighted by Crippen LogP contribution is 2.29. The molecule has 43 heavy (non-hydrogen) atoms. The normalized spacial score (nSPS) is 32.7. The van der Waals surface area contributed by atoms with E-state index in [2.05, 4.69) is 0 Å². The van der Waals surface area contributed by atoms with Gasteiger partial charge in [0.1, 0.15) is 60.0 Å². The molecule has 2 saturated heterocycles. The molecule has 5 rings (SSSR count). The van der Waals surface area contributed by atoms with Crippen molar-refractivity contribution in [1.29, 1.82) is 0 Å². The molecule has 1 aromatic heterocycles. The highest BCUT2D eigenvalue weighted by Gasteiger charge is 2.49. The number of aliphatic hydroxyl groups excluding tert-OH is 6. The summed E-state index contributed by atoms with van der Waals surface area (Å²) < 4.78 is 26.7. The number of benzene rings is 2. The molecule has 0 spiro atoms. The summed E-state index contributed by atoms with van der Waals surface area (Å²) in [4.78, 5) is 35.8. The number of hydrogen-bond donors (Lipinski definition) is 8. The van der Waals surface area contributed by atoms with Crippen LogP contribution in [0, 0.1) is 0 Å². The van der Waals surface area contributed by atoms with Gasteiger partial charge in [0.15, 0.2) is 17.6 Å². The van der Waals surface area contributed by atoms with Crippen LogP contribution in [0.1, 0.15) is 0 Å². The Kier molecular flexibility index (Phi) is 8.37. The van der Waals surface area contributed by atoms with Crippen LogP contribution in [-0.4, -0.2) is 114 Å². The van der Waals surface area contributed by atoms with Crippen molar-refractivity contribution < 1.29 is 73.8 Å². The Bertz CT molecular complexity index is 1550. The molecule has 230 valence electrons. The lowest BCUT2D eigenvalue weighted by molar-refractivity contribution is -0.271. The summed E-state index contributed by atoms with van der Waals surface area (Å²) in [5, 5.41) is 78.3. The molecule has 0 unspecified atom stereocenters. The number of hydrogen-bond acceptors (Lipinski definition) is 14. The molecule has 8 N–H and O–H groups in total. The average Bonchev–Trinajstić information content (AvgIpc) is 2.98. The van der Waals surface area contributed by atoms with Crippen molar-refractivity contribution in [3.63, 3.8) is 0 Å². The molecule has 0 aliphatic carbocycles. The Balaban J connectivity index is 1.32. The maximum Gasteiger partial charge on any atom is 0.335 e. The minimum atomic E-state index is -1.89. The molecule has 2 fully saturated rings. The van der Waals surface area contributed by atoms with Gasteiger partial charge in [-0.2, -0.15) is 0 Å². The zero-order chi connectivity index (χ0) is 31.2. The summed E-state index contributed by atoms with van der Waals surface area (Å²) in [5.74, 6) is -3.05. The van der Waals surface area contributed by atoms with Crippen LogP contribution in [0.15, 0.2) is 57.9 Å². The SMILES string of the molecule is O=C(O)[C@H]1O[C@@H](Oc2ccc(-c3coc4cc(O[C@@H]5O[C@H](C(=O)O)[C@@H](O)[C@H](O)[C@H]5O)ccc4c3=O)cc2)[C@H](O)[C@@H](O)[C@@H]1O. The van der Waals surface area contributed by atoms with Crippen molar-refractivity contribution in [2.75, 3.05) is 0 Å². The Labute approximate surface area is 240 Å². The van der Waals surface area contributed by atoms with E-state index in [0.717, 1.165) is 0 Å². The van der Waals surface area contributed by atoms with Gasteiger partial charge in [-0.25, -0.2) is 9.59 Å². The monoisotopic (exact) mass is 606 g/mol. The van der Waals surface area contributed by atoms with Gasteiger partial charge in [-0.3, -0.25) is 4.79 Å². The first-order chi connectivity index (χ1) is 20.4. The topological polar surface area (TPSA) is 263 Å². The maximum atomic E-state index is 13.2. The zero-order valence-electron chi connectivity index (χ0n) is 21.7. The van der Waals surface area contributed by atoms with E-state index in [1.165, 1.54) is 48.7 Å². The van der Waals surface area contributed by atoms with Gasteiger partial charge in [0.25, 0.3) is 0 Å². The van der Waals surface area contributed by atoms with Gasteiger partial charge in [0.05, 0.1) is 10.9 Å². The Morgan fingerprint density at radius 1 is 0.651 bits per heavy atom. The number of carbonyl (C=O) groups is 2. The number of rotatable bonds is 7. The minimum Gasteiger partial charge on any atom is -0.479 e. The number of carboxylic acids is 2. The van der Waals surface area contributed by atoms with Crippen LogP contribution in [0.5, 0.6) is 11.5 Å². The molecule has 2 aliphatic rings. The molecule has 10 atom stereocenters. The van der Waals surface area contributed by atoms with Crippen molar-refractivity contribution in [3.8, 4) is 22.6 Å². The summed E-state index contributed by atoms with van der Waals surface area (Å²) in [5.41, 5.74) is 0.133. The first-order valence-corrected chi connectivity index (χ1v) is 12.7. The lowest BCUT2D eigenvalue weighted by Gasteiger charge is -2.38. The molecule has 0 amide bonds. The van der Waals surface area contributed by atoms with E-state index in [0.29, 0.717) is 5.56 Å². The fourth-order valence-corrected chi connectivity index (χ4v) is 4.66. The average molecular weight is 606 g/mol. The third-order valence-corrected chi connectivity index (χ3v) is 7.04. The second-order valence-corrected chi connectivity index (χ2v) is 9.87. The van der Waals surface area contributed by atoms with E-state index in [-0.39, 0.29) is 28.0 Å². The molecular formula is C27H26O16. The van der Waals surface area contributed by atoms with Gasteiger partial charge in [-0.1, -0.05) is 12.1 Å². The Hall–Kier alpha value is -4.13. The van der Waals surface area contributed by atoms with Crippen LogP contribution in [0.4, 0.5) is 0 Å². The van der Waals surface area contributed by atoms with E-state index in [4.69, 9.17) is 23.4 Å². The highest BCUT2D eigenvalue weighted by atomic mass is 16.7. The fourth-order valence-electron chi connectivity index (χ4n) is 4.66. The number of aliphatic hydroxyl groups is 6. The van der Waals surface area contributed by atoms with Crippen molar-refractivity contribution >= 4 is 22.9 Å². The third kappa shape index (κ3) is 5.77. The molecule has 16 nitrogen and oxygen atoms in total. The molecule has 3 heterocycles. The van der Waals surface area contributed by atoms with E-state index in [1.807, 2.05) is 0 Å². The van der Waals surface area contributed by atoms with Crippen molar-refractivity contribution in [2.45, 2.75) is 61.4 Å². The van der Waals surface area contributed by atoms with E-state index in [9.17, 15) is 55.2 Å². The lowest BCUT2D eigenvalue weighted by atomic mass is 9.99. The zero-order valence-corrected chi connectivity index (χ0v) is 21.7. The number of ether oxygens (including phenoxy) is 4. The Morgan fingerprint density at radius 2 is 1.14 bits per heavy atom. The van der Waals surface area contributed by atoms with Crippen molar-refractivity contribution in [1.82, 2.24) is 0 Å². The van der Waals surface area contributed by atoms with Crippen LogP contribution in [-0.2, 0) is 19.1 Å². The van der Waals surface area contributed by atoms with Crippen LogP contribution in [0.2, 0.25) is 0 Å². The molecule has 2 aromatic carbocycles. The fraction of sp³-hybridized carbons (Fsp3) is 0.370. The predicted octanol–water partition coefficient (Wildman–Crippen LogP) is -2.00. The van der Waals surface area contributed by atoms with E-state index in [1.54, 1.807) is 0 Å². The maximum absolute atomic E-state index is 13.2. The molecule has 0 radical (unpaired) electrons. The number of fused-ring (bicyclic) bond motifs is 1. The first kappa shape index (κ1) is 30.3. The molecule has 3 aromatic rings. The summed E-state index contributed by atoms with van der Waals surface area (Å²) in [6.07, 6.45) is -16.8. The third-order valence-electron chi connectivity index (χ3n) is 7.04. The van der Waals surface area contributed by atoms with Gasteiger partial charge >= 0.3 is 11.9 Å². The second kappa shape index (κ2) is 11.9. The second-order valence-electron chi connectivity index (χ2n) is 9.87. The van der Waals surface area contributed by atoms with E-state index >= 15 is 0 Å². The first-order valence-electron chi connectivity index (χ1n) is 12.7. The van der Waals surface area contributed by atoms with Crippen molar-refractivity contribution in [3.05, 3.63) is 59.0 Å². The molecule has 16 heteroatoms. The van der Waals surface area contributed by atoms with Crippen LogP contribution >= 0.6 is 0 Å². The van der Waals surface area contributed by atoms with Gasteiger partial charge in [-0.15, -0.1) is 0 Å². The molecular weight excluding hydrogens is 580 g/mol. The summed E-state index contributed by atoms with van der Waals surface area (Å²) in [7, 11) is 0. The van der Waals surface area contributed by atoms with Crippen LogP contribution < -0.4 is 14.9 Å². The molecule has 0 bridgehead atoms. The summed E-state index contributed by atoms with van der Waals surface area (Å²) in [6, 6.07) is 9.70. The Morgan fingerprint density at radius 3 is 1.65 bits per heavy atom. The lowest BCUT2D eigenvalue weighted by Crippen LogP contribution is -2.61. The molecule has 0 saturated carbocycles. The van der Waals surface area contributed by atoms with Gasteiger partial charge in [0.2, 0.25) is 12.6 Å². The number of carboxylic acid groups (broad SMARTS) is 2. The highest BCUT2D eigenvalue weighted by molar-refractivity contribution is 5.82. The van der Waals surface area contributed by atoms with Crippen molar-refractivity contribution in [2.24, 2.45) is 0 Å². The smallest absolute Gasteiger partial charge is 0.335 e. The summed E-state index contributed by atoms with van der Waals surface area (Å²) in [6.45, 7) is 0. The van der Waals surface area contributed by atoms with Crippen LogP contribution in [0.25, 0.3) is 22.1 Å². The minimum absolute atomic E-state index is 0.00317. The van der Waals surface area contributed by atoms with Gasteiger partial charge < -0.3 is 64.2 Å².